The first-order valence-corrected chi connectivity index (χ1v) is 7.61. The highest BCUT2D eigenvalue weighted by atomic mass is 16.6. The summed E-state index contributed by atoms with van der Waals surface area (Å²) in [6.07, 6.45) is 2.82. The second kappa shape index (κ2) is 7.42. The predicted octanol–water partition coefficient (Wildman–Crippen LogP) is 3.51. The van der Waals surface area contributed by atoms with Crippen LogP contribution in [0.1, 0.15) is 57.7 Å². The Morgan fingerprint density at radius 2 is 1.75 bits per heavy atom. The van der Waals surface area contributed by atoms with Crippen LogP contribution in [0.4, 0.5) is 10.6 Å². The molecule has 0 saturated carbocycles. The van der Waals surface area contributed by atoms with Crippen LogP contribution >= 0.6 is 0 Å². The van der Waals surface area contributed by atoms with Crippen molar-refractivity contribution in [3.63, 3.8) is 0 Å². The fourth-order valence-electron chi connectivity index (χ4n) is 1.64. The number of anilines is 1. The number of amides is 1. The van der Waals surface area contributed by atoms with Gasteiger partial charge in [0.2, 0.25) is 0 Å². The van der Waals surface area contributed by atoms with E-state index in [0.29, 0.717) is 12.1 Å². The van der Waals surface area contributed by atoms with Crippen molar-refractivity contribution >= 4 is 17.9 Å². The molecule has 24 heavy (non-hydrogen) atoms. The molecule has 0 aliphatic heterocycles. The van der Waals surface area contributed by atoms with Crippen molar-refractivity contribution in [3.05, 3.63) is 30.2 Å². The SMILES string of the molecule is C=CCc1cnc(C(=O)OC(C)(C)C)c(NC(=O)OC(C)(C)C)n1. The standard InChI is InChI=1S/C17H25N3O4/c1-8-9-11-10-18-12(14(21)23-16(2,3)4)13(19-11)20-15(22)24-17(5,6)7/h8,10H,1,9H2,2-7H3,(H,19,20,22). The molecule has 0 aliphatic carbocycles. The molecule has 0 saturated heterocycles. The Kier molecular flexibility index (Phi) is 6.06. The molecule has 7 heteroatoms. The first-order chi connectivity index (χ1) is 10.9. The van der Waals surface area contributed by atoms with Gasteiger partial charge in [-0.05, 0) is 41.5 Å². The molecule has 0 fully saturated rings. The Hall–Kier alpha value is -2.44. The zero-order valence-electron chi connectivity index (χ0n) is 15.1. The molecule has 1 amide bonds. The Labute approximate surface area is 142 Å². The number of ether oxygens (including phenoxy) is 2. The van der Waals surface area contributed by atoms with E-state index >= 15 is 0 Å². The number of carbonyl (C=O) groups is 2. The van der Waals surface area contributed by atoms with Crippen molar-refractivity contribution in [1.82, 2.24) is 9.97 Å². The van der Waals surface area contributed by atoms with E-state index < -0.39 is 23.3 Å². The Balaban J connectivity index is 3.12. The lowest BCUT2D eigenvalue weighted by Gasteiger charge is -2.21. The lowest BCUT2D eigenvalue weighted by atomic mass is 10.2. The van der Waals surface area contributed by atoms with Crippen LogP contribution < -0.4 is 5.32 Å². The van der Waals surface area contributed by atoms with Crippen LogP contribution in [0.25, 0.3) is 0 Å². The third-order valence-corrected chi connectivity index (χ3v) is 2.39. The largest absolute Gasteiger partial charge is 0.455 e. The fraction of sp³-hybridized carbons (Fsp3) is 0.529. The zero-order valence-corrected chi connectivity index (χ0v) is 15.1. The maximum absolute atomic E-state index is 12.3. The fourth-order valence-corrected chi connectivity index (χ4v) is 1.64. The van der Waals surface area contributed by atoms with Crippen molar-refractivity contribution in [3.8, 4) is 0 Å². The molecule has 0 radical (unpaired) electrons. The van der Waals surface area contributed by atoms with Crippen LogP contribution in [0.2, 0.25) is 0 Å². The second-order valence-corrected chi connectivity index (χ2v) is 7.18. The number of carbonyl (C=O) groups excluding carboxylic acids is 2. The van der Waals surface area contributed by atoms with Crippen molar-refractivity contribution in [2.24, 2.45) is 0 Å². The van der Waals surface area contributed by atoms with Gasteiger partial charge in [-0.15, -0.1) is 6.58 Å². The molecule has 0 aliphatic rings. The number of rotatable bonds is 4. The van der Waals surface area contributed by atoms with E-state index in [0.717, 1.165) is 0 Å². The number of hydrogen-bond acceptors (Lipinski definition) is 6. The average Bonchev–Trinajstić information content (AvgIpc) is 2.34. The van der Waals surface area contributed by atoms with Gasteiger partial charge < -0.3 is 9.47 Å². The molecule has 0 atom stereocenters. The lowest BCUT2D eigenvalue weighted by Crippen LogP contribution is -2.29. The highest BCUT2D eigenvalue weighted by Gasteiger charge is 2.25. The van der Waals surface area contributed by atoms with E-state index in [1.165, 1.54) is 6.20 Å². The monoisotopic (exact) mass is 335 g/mol. The van der Waals surface area contributed by atoms with Gasteiger partial charge in [0.25, 0.3) is 0 Å². The van der Waals surface area contributed by atoms with Gasteiger partial charge in [-0.2, -0.15) is 0 Å². The van der Waals surface area contributed by atoms with E-state index in [9.17, 15) is 9.59 Å². The number of hydrogen-bond donors (Lipinski definition) is 1. The van der Waals surface area contributed by atoms with Crippen molar-refractivity contribution in [1.29, 1.82) is 0 Å². The Morgan fingerprint density at radius 1 is 1.17 bits per heavy atom. The topological polar surface area (TPSA) is 90.4 Å². The summed E-state index contributed by atoms with van der Waals surface area (Å²) in [5.41, 5.74) is -0.892. The van der Waals surface area contributed by atoms with Crippen LogP contribution in [0, 0.1) is 0 Å². The number of allylic oxidation sites excluding steroid dienone is 1. The zero-order chi connectivity index (χ0) is 18.5. The number of nitrogens with zero attached hydrogens (tertiary/aromatic N) is 2. The summed E-state index contributed by atoms with van der Waals surface area (Å²) < 4.78 is 10.5. The van der Waals surface area contributed by atoms with Gasteiger partial charge in [-0.25, -0.2) is 19.6 Å². The van der Waals surface area contributed by atoms with Gasteiger partial charge in [-0.3, -0.25) is 5.32 Å². The van der Waals surface area contributed by atoms with Crippen LogP contribution in [0.5, 0.6) is 0 Å². The molecule has 0 aromatic carbocycles. The van der Waals surface area contributed by atoms with Gasteiger partial charge in [0.05, 0.1) is 5.69 Å². The second-order valence-electron chi connectivity index (χ2n) is 7.18. The predicted molar refractivity (Wildman–Crippen MR) is 91.0 cm³/mol. The maximum atomic E-state index is 12.3. The summed E-state index contributed by atoms with van der Waals surface area (Å²) in [4.78, 5) is 32.6. The van der Waals surface area contributed by atoms with E-state index in [1.54, 1.807) is 47.6 Å². The maximum Gasteiger partial charge on any atom is 0.413 e. The van der Waals surface area contributed by atoms with E-state index in [4.69, 9.17) is 9.47 Å². The van der Waals surface area contributed by atoms with E-state index in [1.807, 2.05) is 0 Å². The minimum absolute atomic E-state index is 0.00199. The average molecular weight is 335 g/mol. The highest BCUT2D eigenvalue weighted by molar-refractivity contribution is 5.96. The van der Waals surface area contributed by atoms with Crippen LogP contribution in [0.15, 0.2) is 18.9 Å². The molecule has 1 aromatic rings. The van der Waals surface area contributed by atoms with Crippen LogP contribution in [-0.4, -0.2) is 33.2 Å². The quantitative estimate of drug-likeness (QED) is 0.669. The molecular formula is C17H25N3O4. The summed E-state index contributed by atoms with van der Waals surface area (Å²) in [5, 5.41) is 2.46. The summed E-state index contributed by atoms with van der Waals surface area (Å²) in [7, 11) is 0. The van der Waals surface area contributed by atoms with Crippen molar-refractivity contribution < 1.29 is 19.1 Å². The molecule has 132 valence electrons. The van der Waals surface area contributed by atoms with Gasteiger partial charge >= 0.3 is 12.1 Å². The molecule has 1 aromatic heterocycles. The number of esters is 1. The van der Waals surface area contributed by atoms with Crippen molar-refractivity contribution in [2.45, 2.75) is 59.2 Å². The first kappa shape index (κ1) is 19.6. The molecule has 7 nitrogen and oxygen atoms in total. The third-order valence-electron chi connectivity index (χ3n) is 2.39. The Bertz CT molecular complexity index is 628. The van der Waals surface area contributed by atoms with E-state index in [2.05, 4.69) is 21.9 Å². The minimum Gasteiger partial charge on any atom is -0.455 e. The van der Waals surface area contributed by atoms with Gasteiger partial charge in [0, 0.05) is 12.6 Å². The normalized spacial score (nSPS) is 11.6. The van der Waals surface area contributed by atoms with Crippen LogP contribution in [0.3, 0.4) is 0 Å². The number of nitrogens with one attached hydrogen (secondary N) is 1. The summed E-state index contributed by atoms with van der Waals surface area (Å²) in [6, 6.07) is 0. The first-order valence-electron chi connectivity index (χ1n) is 7.61. The summed E-state index contributed by atoms with van der Waals surface area (Å²) >= 11 is 0. The highest BCUT2D eigenvalue weighted by Crippen LogP contribution is 2.18. The van der Waals surface area contributed by atoms with Gasteiger partial charge in [-0.1, -0.05) is 6.08 Å². The minimum atomic E-state index is -0.725. The van der Waals surface area contributed by atoms with Gasteiger partial charge in [0.15, 0.2) is 11.5 Å². The van der Waals surface area contributed by atoms with Crippen molar-refractivity contribution in [2.75, 3.05) is 5.32 Å². The smallest absolute Gasteiger partial charge is 0.413 e. The molecular weight excluding hydrogens is 310 g/mol. The summed E-state index contributed by atoms with van der Waals surface area (Å²) in [6.45, 7) is 14.1. The van der Waals surface area contributed by atoms with Gasteiger partial charge in [0.1, 0.15) is 11.2 Å². The molecule has 1 N–H and O–H groups in total. The molecule has 1 rings (SSSR count). The Morgan fingerprint density at radius 3 is 2.25 bits per heavy atom. The molecule has 0 unspecified atom stereocenters. The molecule has 0 spiro atoms. The van der Waals surface area contributed by atoms with Crippen LogP contribution in [-0.2, 0) is 15.9 Å². The number of aromatic nitrogens is 2. The molecule has 1 heterocycles. The molecule has 0 bridgehead atoms. The van der Waals surface area contributed by atoms with E-state index in [-0.39, 0.29) is 11.5 Å². The summed E-state index contributed by atoms with van der Waals surface area (Å²) in [5.74, 6) is -0.677. The third kappa shape index (κ3) is 6.76. The lowest BCUT2D eigenvalue weighted by molar-refractivity contribution is 0.00637.